The molecular weight excluding hydrogens is 592 g/mol. The van der Waals surface area contributed by atoms with Crippen molar-refractivity contribution in [2.75, 3.05) is 12.3 Å². The molecule has 0 radical (unpaired) electrons. The van der Waals surface area contributed by atoms with Gasteiger partial charge in [0.1, 0.15) is 24.2 Å². The van der Waals surface area contributed by atoms with Gasteiger partial charge in [0.25, 0.3) is 0 Å². The zero-order chi connectivity index (χ0) is 32.6. The molecule has 0 saturated heterocycles. The molecule has 17 heteroatoms. The molecule has 2 rings (SSSR count). The van der Waals surface area contributed by atoms with Gasteiger partial charge in [0.05, 0.1) is 12.4 Å². The van der Waals surface area contributed by atoms with Crippen molar-refractivity contribution >= 4 is 48.2 Å². The number of aliphatic carboxylic acids is 1. The lowest BCUT2D eigenvalue weighted by Gasteiger charge is -2.25. The summed E-state index contributed by atoms with van der Waals surface area (Å²) in [6.45, 7) is 1.59. The van der Waals surface area contributed by atoms with Gasteiger partial charge in [0.15, 0.2) is 5.96 Å². The van der Waals surface area contributed by atoms with Crippen LogP contribution in [0.1, 0.15) is 31.0 Å². The Bertz CT molecular complexity index is 1270. The van der Waals surface area contributed by atoms with Crippen molar-refractivity contribution in [3.8, 4) is 0 Å². The van der Waals surface area contributed by atoms with Gasteiger partial charge < -0.3 is 48.6 Å². The molecule has 0 aliphatic carbocycles. The van der Waals surface area contributed by atoms with Gasteiger partial charge in [-0.15, -0.1) is 0 Å². The van der Waals surface area contributed by atoms with Gasteiger partial charge in [-0.25, -0.2) is 9.78 Å². The van der Waals surface area contributed by atoms with E-state index in [2.05, 4.69) is 48.9 Å². The van der Waals surface area contributed by atoms with Gasteiger partial charge in [-0.1, -0.05) is 30.3 Å². The highest BCUT2D eigenvalue weighted by Gasteiger charge is 2.31. The molecule has 12 N–H and O–H groups in total. The van der Waals surface area contributed by atoms with E-state index in [0.29, 0.717) is 11.3 Å². The molecule has 0 bridgehead atoms. The van der Waals surface area contributed by atoms with Crippen LogP contribution in [0, 0.1) is 0 Å². The monoisotopic (exact) mass is 632 g/mol. The fraction of sp³-hybridized carbons (Fsp3) is 0.444. The number of nitrogens with one attached hydrogen (secondary N) is 5. The SMILES string of the molecule is C[C@@H](NC(=O)[C@@H](N)CS)C(=O)N[C@@H](Cc1cnc[nH]1)C(=O)N[C@H](Cc1ccccc1)C(=O)N[C@@H](CCCN=C(N)N)C(=O)O. The summed E-state index contributed by atoms with van der Waals surface area (Å²) in [5, 5.41) is 19.9. The van der Waals surface area contributed by atoms with Crippen molar-refractivity contribution in [3.05, 3.63) is 54.1 Å². The van der Waals surface area contributed by atoms with Crippen molar-refractivity contribution in [3.63, 3.8) is 0 Å². The second kappa shape index (κ2) is 18.1. The normalized spacial score (nSPS) is 14.2. The number of guanidine groups is 1. The first-order valence-corrected chi connectivity index (χ1v) is 14.4. The summed E-state index contributed by atoms with van der Waals surface area (Å²) < 4.78 is 0. The van der Waals surface area contributed by atoms with E-state index in [1.807, 2.05) is 0 Å². The zero-order valence-corrected chi connectivity index (χ0v) is 25.1. The second-order valence-electron chi connectivity index (χ2n) is 9.96. The number of aromatic nitrogens is 2. The average molecular weight is 633 g/mol. The maximum atomic E-state index is 13.6. The summed E-state index contributed by atoms with van der Waals surface area (Å²) in [5.74, 6) is -4.09. The van der Waals surface area contributed by atoms with Crippen LogP contribution >= 0.6 is 12.6 Å². The van der Waals surface area contributed by atoms with Gasteiger partial charge in [-0.05, 0) is 25.3 Å². The van der Waals surface area contributed by atoms with Crippen molar-refractivity contribution in [2.24, 2.45) is 22.2 Å². The predicted molar refractivity (Wildman–Crippen MR) is 165 cm³/mol. The maximum absolute atomic E-state index is 13.6. The Morgan fingerprint density at radius 2 is 1.55 bits per heavy atom. The van der Waals surface area contributed by atoms with Crippen molar-refractivity contribution in [2.45, 2.75) is 62.8 Å². The van der Waals surface area contributed by atoms with Crippen molar-refractivity contribution < 1.29 is 29.1 Å². The number of thiol groups is 1. The maximum Gasteiger partial charge on any atom is 0.326 e. The van der Waals surface area contributed by atoms with E-state index in [9.17, 15) is 29.1 Å². The summed E-state index contributed by atoms with van der Waals surface area (Å²) in [6, 6.07) is 3.12. The van der Waals surface area contributed by atoms with Crippen LogP contribution in [0.15, 0.2) is 47.8 Å². The lowest BCUT2D eigenvalue weighted by Crippen LogP contribution is -2.59. The summed E-state index contributed by atoms with van der Waals surface area (Å²) in [5.41, 5.74) is 17.5. The van der Waals surface area contributed by atoms with Crippen LogP contribution in [-0.4, -0.2) is 93.1 Å². The third-order valence-corrected chi connectivity index (χ3v) is 6.77. The summed E-state index contributed by atoms with van der Waals surface area (Å²) >= 11 is 3.98. The summed E-state index contributed by atoms with van der Waals surface area (Å²) in [6.07, 6.45) is 3.17. The number of amides is 4. The molecule has 1 heterocycles. The Kier molecular flexibility index (Phi) is 14.6. The minimum atomic E-state index is -1.28. The predicted octanol–water partition coefficient (Wildman–Crippen LogP) is -2.45. The lowest BCUT2D eigenvalue weighted by atomic mass is 10.0. The first kappa shape index (κ1) is 35.6. The van der Waals surface area contributed by atoms with E-state index < -0.39 is 59.8 Å². The number of carbonyl (C=O) groups excluding carboxylic acids is 4. The van der Waals surface area contributed by atoms with E-state index in [1.165, 1.54) is 19.4 Å². The number of aromatic amines is 1. The second-order valence-corrected chi connectivity index (χ2v) is 10.3. The Hall–Kier alpha value is -4.64. The molecule has 1 aromatic carbocycles. The smallest absolute Gasteiger partial charge is 0.326 e. The van der Waals surface area contributed by atoms with Crippen molar-refractivity contribution in [1.82, 2.24) is 31.2 Å². The number of carboxylic acid groups (broad SMARTS) is 1. The first-order valence-electron chi connectivity index (χ1n) is 13.8. The molecule has 0 aliphatic rings. The quantitative estimate of drug-likeness (QED) is 0.0358. The minimum absolute atomic E-state index is 0.0254. The Morgan fingerprint density at radius 1 is 0.932 bits per heavy atom. The van der Waals surface area contributed by atoms with Gasteiger partial charge >= 0.3 is 5.97 Å². The molecule has 5 atom stereocenters. The van der Waals surface area contributed by atoms with Crippen molar-refractivity contribution in [1.29, 1.82) is 0 Å². The third kappa shape index (κ3) is 12.3. The number of nitrogens with two attached hydrogens (primary N) is 3. The number of H-pyrrole nitrogens is 1. The fourth-order valence-corrected chi connectivity index (χ4v) is 4.12. The molecule has 1 aromatic heterocycles. The third-order valence-electron chi connectivity index (χ3n) is 6.37. The highest BCUT2D eigenvalue weighted by atomic mass is 32.1. The number of hydrogen-bond acceptors (Lipinski definition) is 9. The number of hydrogen-bond donors (Lipinski definition) is 10. The Balaban J connectivity index is 2.24. The van der Waals surface area contributed by atoms with Gasteiger partial charge in [0, 0.05) is 37.0 Å². The average Bonchev–Trinajstić information content (AvgIpc) is 3.50. The van der Waals surface area contributed by atoms with Crippen LogP contribution in [0.5, 0.6) is 0 Å². The number of nitrogens with zero attached hydrogens (tertiary/aromatic N) is 2. The van der Waals surface area contributed by atoms with Crippen LogP contribution in [-0.2, 0) is 36.8 Å². The molecule has 0 fully saturated rings. The molecule has 0 aliphatic heterocycles. The van der Waals surface area contributed by atoms with Crippen LogP contribution in [0.25, 0.3) is 0 Å². The molecular formula is C27H40N10O6S. The molecule has 2 aromatic rings. The highest BCUT2D eigenvalue weighted by molar-refractivity contribution is 7.80. The number of benzene rings is 1. The van der Waals surface area contributed by atoms with Gasteiger partial charge in [-0.2, -0.15) is 12.6 Å². The highest BCUT2D eigenvalue weighted by Crippen LogP contribution is 2.08. The molecule has 4 amide bonds. The fourth-order valence-electron chi connectivity index (χ4n) is 3.96. The van der Waals surface area contributed by atoms with E-state index in [0.717, 1.165) is 0 Å². The topological polar surface area (TPSA) is 273 Å². The zero-order valence-electron chi connectivity index (χ0n) is 24.2. The van der Waals surface area contributed by atoms with Crippen LogP contribution in [0.4, 0.5) is 0 Å². The number of carboxylic acids is 1. The Morgan fingerprint density at radius 3 is 2.11 bits per heavy atom. The largest absolute Gasteiger partial charge is 0.480 e. The molecule has 0 saturated carbocycles. The molecule has 44 heavy (non-hydrogen) atoms. The summed E-state index contributed by atoms with van der Waals surface area (Å²) in [4.78, 5) is 74.6. The van der Waals surface area contributed by atoms with Crippen LogP contribution in [0.2, 0.25) is 0 Å². The Labute approximate surface area is 259 Å². The van der Waals surface area contributed by atoms with Crippen LogP contribution in [0.3, 0.4) is 0 Å². The minimum Gasteiger partial charge on any atom is -0.480 e. The molecule has 0 unspecified atom stereocenters. The molecule has 240 valence electrons. The van der Waals surface area contributed by atoms with E-state index in [4.69, 9.17) is 17.2 Å². The van der Waals surface area contributed by atoms with E-state index in [-0.39, 0.29) is 43.9 Å². The summed E-state index contributed by atoms with van der Waals surface area (Å²) in [7, 11) is 0. The number of aliphatic imine (C=N–C) groups is 1. The number of imidazole rings is 1. The standard InChI is InChI=1S/C27H40N10O6S/c1-15(34-23(39)18(28)13-44)22(38)36-21(11-17-12-31-14-33-17)25(41)37-20(10-16-6-3-2-4-7-16)24(40)35-19(26(42)43)8-5-9-32-27(29)30/h2-4,6-7,12,14-15,18-21,44H,5,8-11,13,28H2,1H3,(H,31,33)(H,34,39)(H,35,40)(H,36,38)(H,37,41)(H,42,43)(H4,29,30,32)/t15-,18+,19+,20-,21+/m1/s1. The number of rotatable bonds is 18. The van der Waals surface area contributed by atoms with Gasteiger partial charge in [-0.3, -0.25) is 24.2 Å². The number of carbonyl (C=O) groups is 5. The first-order chi connectivity index (χ1) is 20.9. The molecule has 16 nitrogen and oxygen atoms in total. The molecule has 0 spiro atoms. The van der Waals surface area contributed by atoms with E-state index in [1.54, 1.807) is 30.3 Å². The lowest BCUT2D eigenvalue weighted by molar-refractivity contribution is -0.142. The van der Waals surface area contributed by atoms with E-state index >= 15 is 0 Å². The van der Waals surface area contributed by atoms with Gasteiger partial charge in [0.2, 0.25) is 23.6 Å². The van der Waals surface area contributed by atoms with Crippen LogP contribution < -0.4 is 38.5 Å².